The van der Waals surface area contributed by atoms with Gasteiger partial charge in [0.25, 0.3) is 0 Å². The zero-order chi connectivity index (χ0) is 15.2. The van der Waals surface area contributed by atoms with Crippen LogP contribution in [0, 0.1) is 6.92 Å². The highest BCUT2D eigenvalue weighted by Gasteiger charge is 2.09. The van der Waals surface area contributed by atoms with Crippen molar-refractivity contribution in [3.05, 3.63) is 45.3 Å². The Hall–Kier alpha value is -0.780. The first-order chi connectivity index (χ1) is 10.1. The summed E-state index contributed by atoms with van der Waals surface area (Å²) in [6.07, 6.45) is 1.06. The fourth-order valence-corrected chi connectivity index (χ4v) is 2.92. The minimum atomic E-state index is 0.733. The summed E-state index contributed by atoms with van der Waals surface area (Å²) in [5, 5.41) is 4.08. The molecule has 1 aromatic carbocycles. The van der Waals surface area contributed by atoms with Crippen LogP contribution < -0.4 is 5.32 Å². The number of nitrogens with one attached hydrogen (secondary N) is 1. The van der Waals surface area contributed by atoms with Gasteiger partial charge in [-0.05, 0) is 53.5 Å². The van der Waals surface area contributed by atoms with E-state index in [4.69, 9.17) is 11.6 Å². The van der Waals surface area contributed by atoms with Crippen LogP contribution in [0.5, 0.6) is 0 Å². The molecular weight excluding hydrogens is 370 g/mol. The van der Waals surface area contributed by atoms with E-state index in [9.17, 15) is 0 Å². The van der Waals surface area contributed by atoms with Gasteiger partial charge in [0.05, 0.1) is 15.9 Å². The summed E-state index contributed by atoms with van der Waals surface area (Å²) >= 11 is 11.1. The predicted octanol–water partition coefficient (Wildman–Crippen LogP) is 5.32. The molecule has 0 atom stereocenters. The summed E-state index contributed by atoms with van der Waals surface area (Å²) in [6.45, 7) is 5.02. The van der Waals surface area contributed by atoms with Gasteiger partial charge in [-0.2, -0.15) is 0 Å². The van der Waals surface area contributed by atoms with Crippen molar-refractivity contribution in [2.45, 2.75) is 30.9 Å². The lowest BCUT2D eigenvalue weighted by Crippen LogP contribution is -2.07. The summed E-state index contributed by atoms with van der Waals surface area (Å²) in [4.78, 5) is 10.3. The van der Waals surface area contributed by atoms with E-state index in [2.05, 4.69) is 38.1 Å². The maximum Gasteiger partial charge on any atom is 0.144 e. The minimum absolute atomic E-state index is 0.733. The zero-order valence-corrected chi connectivity index (χ0v) is 15.1. The molecule has 0 spiro atoms. The monoisotopic (exact) mass is 385 g/mol. The number of aromatic nitrogens is 2. The van der Waals surface area contributed by atoms with Crippen LogP contribution >= 0.6 is 39.3 Å². The molecule has 0 radical (unpaired) electrons. The molecule has 2 rings (SSSR count). The fourth-order valence-electron chi connectivity index (χ4n) is 1.72. The molecule has 0 fully saturated rings. The molecule has 1 N–H and O–H groups in total. The van der Waals surface area contributed by atoms with Crippen molar-refractivity contribution in [2.75, 3.05) is 11.9 Å². The lowest BCUT2D eigenvalue weighted by atomic mass is 10.4. The first-order valence-corrected chi connectivity index (χ1v) is 8.91. The van der Waals surface area contributed by atoms with E-state index in [0.29, 0.717) is 0 Å². The lowest BCUT2D eigenvalue weighted by molar-refractivity contribution is 0.934. The second kappa shape index (κ2) is 8.01. The third-order valence-electron chi connectivity index (χ3n) is 2.79. The molecule has 0 saturated carbocycles. The van der Waals surface area contributed by atoms with Gasteiger partial charge in [0, 0.05) is 16.5 Å². The van der Waals surface area contributed by atoms with E-state index in [-0.39, 0.29) is 0 Å². The molecule has 1 aromatic heterocycles. The van der Waals surface area contributed by atoms with Crippen LogP contribution in [0.4, 0.5) is 5.82 Å². The highest BCUT2D eigenvalue weighted by Crippen LogP contribution is 2.27. The molecule has 0 aliphatic heterocycles. The average molecular weight is 387 g/mol. The van der Waals surface area contributed by atoms with Gasteiger partial charge >= 0.3 is 0 Å². The molecule has 112 valence electrons. The molecule has 0 saturated heterocycles. The van der Waals surface area contributed by atoms with E-state index in [0.717, 1.165) is 50.4 Å². The molecule has 2 aromatic rings. The lowest BCUT2D eigenvalue weighted by Gasteiger charge is -2.10. The molecular formula is C15H17BrClN3S. The summed E-state index contributed by atoms with van der Waals surface area (Å²) in [5.74, 6) is 2.43. The molecule has 3 nitrogen and oxygen atoms in total. The predicted molar refractivity (Wildman–Crippen MR) is 94.3 cm³/mol. The van der Waals surface area contributed by atoms with Crippen molar-refractivity contribution in [2.24, 2.45) is 0 Å². The average Bonchev–Trinajstić information content (AvgIpc) is 2.48. The maximum atomic E-state index is 5.89. The van der Waals surface area contributed by atoms with E-state index in [1.807, 2.05) is 31.2 Å². The first-order valence-electron chi connectivity index (χ1n) is 6.75. The molecule has 0 bridgehead atoms. The highest BCUT2D eigenvalue weighted by molar-refractivity contribution is 9.10. The quantitative estimate of drug-likeness (QED) is 0.682. The number of hydrogen-bond donors (Lipinski definition) is 1. The molecule has 6 heteroatoms. The summed E-state index contributed by atoms with van der Waals surface area (Å²) in [7, 11) is 0. The van der Waals surface area contributed by atoms with Crippen LogP contribution in [0.1, 0.15) is 24.9 Å². The van der Waals surface area contributed by atoms with Crippen LogP contribution in [0.25, 0.3) is 0 Å². The van der Waals surface area contributed by atoms with Crippen molar-refractivity contribution in [3.8, 4) is 0 Å². The summed E-state index contributed by atoms with van der Waals surface area (Å²) in [5.41, 5.74) is 0.954. The van der Waals surface area contributed by atoms with Crippen molar-refractivity contribution in [1.82, 2.24) is 9.97 Å². The topological polar surface area (TPSA) is 37.8 Å². The molecule has 21 heavy (non-hydrogen) atoms. The van der Waals surface area contributed by atoms with Crippen LogP contribution in [-0.2, 0) is 5.75 Å². The van der Waals surface area contributed by atoms with Crippen molar-refractivity contribution >= 4 is 45.1 Å². The number of halogens is 2. The Morgan fingerprint density at radius 1 is 1.24 bits per heavy atom. The van der Waals surface area contributed by atoms with E-state index >= 15 is 0 Å². The van der Waals surface area contributed by atoms with E-state index in [1.54, 1.807) is 11.8 Å². The van der Waals surface area contributed by atoms with Gasteiger partial charge in [-0.1, -0.05) is 18.5 Å². The first kappa shape index (κ1) is 16.6. The van der Waals surface area contributed by atoms with Crippen molar-refractivity contribution in [1.29, 1.82) is 0 Å². The van der Waals surface area contributed by atoms with Gasteiger partial charge in [0.1, 0.15) is 11.6 Å². The van der Waals surface area contributed by atoms with Crippen LogP contribution in [0.3, 0.4) is 0 Å². The SMILES string of the molecule is CCCNc1nc(CSc2ccc(Cl)cc2)nc(C)c1Br. The molecule has 0 amide bonds. The van der Waals surface area contributed by atoms with Gasteiger partial charge < -0.3 is 5.32 Å². The van der Waals surface area contributed by atoms with Crippen LogP contribution in [0.15, 0.2) is 33.6 Å². The number of rotatable bonds is 6. The number of nitrogens with zero attached hydrogens (tertiary/aromatic N) is 2. The zero-order valence-electron chi connectivity index (χ0n) is 12.0. The Morgan fingerprint density at radius 3 is 2.62 bits per heavy atom. The normalized spacial score (nSPS) is 10.7. The smallest absolute Gasteiger partial charge is 0.144 e. The Bertz CT molecular complexity index is 605. The van der Waals surface area contributed by atoms with Gasteiger partial charge in [-0.25, -0.2) is 9.97 Å². The highest BCUT2D eigenvalue weighted by atomic mass is 79.9. The number of hydrogen-bond acceptors (Lipinski definition) is 4. The number of anilines is 1. The van der Waals surface area contributed by atoms with Gasteiger partial charge in [0.2, 0.25) is 0 Å². The van der Waals surface area contributed by atoms with Gasteiger partial charge in [-0.15, -0.1) is 11.8 Å². The van der Waals surface area contributed by atoms with Crippen LogP contribution in [0.2, 0.25) is 5.02 Å². The van der Waals surface area contributed by atoms with Gasteiger partial charge in [0.15, 0.2) is 0 Å². The third kappa shape index (κ3) is 4.87. The minimum Gasteiger partial charge on any atom is -0.369 e. The Kier molecular flexibility index (Phi) is 6.33. The standard InChI is InChI=1S/C15H17BrClN3S/c1-3-8-18-15-14(16)10(2)19-13(20-15)9-21-12-6-4-11(17)5-7-12/h4-7H,3,8-9H2,1-2H3,(H,18,19,20). The fraction of sp³-hybridized carbons (Fsp3) is 0.333. The van der Waals surface area contributed by atoms with Crippen molar-refractivity contribution in [3.63, 3.8) is 0 Å². The Labute approximate surface area is 143 Å². The maximum absolute atomic E-state index is 5.89. The van der Waals surface area contributed by atoms with Gasteiger partial charge in [-0.3, -0.25) is 0 Å². The van der Waals surface area contributed by atoms with E-state index in [1.165, 1.54) is 0 Å². The largest absolute Gasteiger partial charge is 0.369 e. The second-order valence-electron chi connectivity index (χ2n) is 4.56. The van der Waals surface area contributed by atoms with Crippen LogP contribution in [-0.4, -0.2) is 16.5 Å². The summed E-state index contributed by atoms with van der Waals surface area (Å²) in [6, 6.07) is 7.81. The van der Waals surface area contributed by atoms with E-state index < -0.39 is 0 Å². The van der Waals surface area contributed by atoms with Crippen molar-refractivity contribution < 1.29 is 0 Å². The summed E-state index contributed by atoms with van der Waals surface area (Å²) < 4.78 is 0.941. The molecule has 0 unspecified atom stereocenters. The Morgan fingerprint density at radius 2 is 1.95 bits per heavy atom. The molecule has 0 aliphatic rings. The number of thioether (sulfide) groups is 1. The molecule has 1 heterocycles. The second-order valence-corrected chi connectivity index (χ2v) is 6.84. The number of aryl methyl sites for hydroxylation is 1. The molecule has 0 aliphatic carbocycles. The number of benzene rings is 1. The Balaban J connectivity index is 2.08. The third-order valence-corrected chi connectivity index (χ3v) is 5.00.